The minimum absolute atomic E-state index is 0.514. The van der Waals surface area contributed by atoms with Gasteiger partial charge in [-0.25, -0.2) is 4.98 Å². The summed E-state index contributed by atoms with van der Waals surface area (Å²) in [6.45, 7) is 4.75. The zero-order valence-corrected chi connectivity index (χ0v) is 10.9. The summed E-state index contributed by atoms with van der Waals surface area (Å²) in [6, 6.07) is 0. The Kier molecular flexibility index (Phi) is 2.79. The van der Waals surface area contributed by atoms with Gasteiger partial charge in [0.2, 0.25) is 0 Å². The molecular weight excluding hydrogens is 276 g/mol. The van der Waals surface area contributed by atoms with Gasteiger partial charge in [-0.1, -0.05) is 0 Å². The number of thiazole rings is 1. The quantitative estimate of drug-likeness (QED) is 0.922. The maximum atomic E-state index is 5.64. The molecule has 0 bridgehead atoms. The third-order valence-corrected chi connectivity index (χ3v) is 3.59. The number of rotatable bonds is 2. The van der Waals surface area contributed by atoms with Gasteiger partial charge in [0, 0.05) is 11.1 Å². The van der Waals surface area contributed by atoms with E-state index in [0.717, 1.165) is 15.2 Å². The van der Waals surface area contributed by atoms with Gasteiger partial charge >= 0.3 is 0 Å². The van der Waals surface area contributed by atoms with E-state index < -0.39 is 0 Å². The van der Waals surface area contributed by atoms with E-state index in [-0.39, 0.29) is 0 Å². The summed E-state index contributed by atoms with van der Waals surface area (Å²) >= 11 is 5.03. The van der Waals surface area contributed by atoms with Crippen molar-refractivity contribution in [3.05, 3.63) is 26.2 Å². The van der Waals surface area contributed by atoms with Crippen LogP contribution in [0.25, 0.3) is 0 Å². The van der Waals surface area contributed by atoms with Crippen LogP contribution in [0, 0.1) is 13.8 Å². The second-order valence-electron chi connectivity index (χ2n) is 3.30. The van der Waals surface area contributed by atoms with E-state index in [4.69, 9.17) is 5.73 Å². The first-order chi connectivity index (χ1) is 7.06. The topological polar surface area (TPSA) is 56.7 Å². The number of anilines is 1. The van der Waals surface area contributed by atoms with Gasteiger partial charge in [0.25, 0.3) is 0 Å². The molecule has 15 heavy (non-hydrogen) atoms. The fraction of sp³-hybridized carbons (Fsp3) is 0.333. The summed E-state index contributed by atoms with van der Waals surface area (Å²) in [4.78, 5) is 5.68. The SMILES string of the molecule is Cc1nc(Cn2cc(Br)c(N)n2)c(C)s1. The van der Waals surface area contributed by atoms with E-state index in [2.05, 4.69) is 32.9 Å². The Hall–Kier alpha value is -0.880. The van der Waals surface area contributed by atoms with Gasteiger partial charge in [0.15, 0.2) is 5.82 Å². The average molecular weight is 287 g/mol. The first-order valence-corrected chi connectivity index (χ1v) is 6.08. The van der Waals surface area contributed by atoms with Crippen LogP contribution >= 0.6 is 27.3 Å². The minimum Gasteiger partial charge on any atom is -0.381 e. The fourth-order valence-corrected chi connectivity index (χ4v) is 2.51. The van der Waals surface area contributed by atoms with Gasteiger partial charge in [-0.3, -0.25) is 4.68 Å². The van der Waals surface area contributed by atoms with Crippen molar-refractivity contribution in [3.63, 3.8) is 0 Å². The number of nitrogen functional groups attached to an aromatic ring is 1. The molecule has 2 aromatic rings. The molecule has 0 amide bonds. The van der Waals surface area contributed by atoms with Crippen LogP contribution in [0.5, 0.6) is 0 Å². The van der Waals surface area contributed by atoms with Gasteiger partial charge < -0.3 is 5.73 Å². The molecule has 2 N–H and O–H groups in total. The molecule has 0 aliphatic rings. The van der Waals surface area contributed by atoms with Crippen molar-refractivity contribution in [1.29, 1.82) is 0 Å². The maximum absolute atomic E-state index is 5.64. The number of nitrogens with zero attached hydrogens (tertiary/aromatic N) is 3. The van der Waals surface area contributed by atoms with E-state index in [1.165, 1.54) is 4.88 Å². The van der Waals surface area contributed by atoms with Crippen LogP contribution in [0.15, 0.2) is 10.7 Å². The smallest absolute Gasteiger partial charge is 0.159 e. The second-order valence-corrected chi connectivity index (χ2v) is 5.56. The van der Waals surface area contributed by atoms with Crippen LogP contribution in [0.1, 0.15) is 15.6 Å². The first-order valence-electron chi connectivity index (χ1n) is 4.47. The van der Waals surface area contributed by atoms with Gasteiger partial charge in [-0.2, -0.15) is 5.10 Å². The van der Waals surface area contributed by atoms with E-state index in [9.17, 15) is 0 Å². The molecule has 0 aliphatic heterocycles. The first kappa shape index (κ1) is 10.6. The van der Waals surface area contributed by atoms with Crippen LogP contribution in [0.4, 0.5) is 5.82 Å². The van der Waals surface area contributed by atoms with Crippen molar-refractivity contribution < 1.29 is 0 Å². The van der Waals surface area contributed by atoms with Gasteiger partial charge in [-0.05, 0) is 29.8 Å². The van der Waals surface area contributed by atoms with Crippen molar-refractivity contribution in [2.24, 2.45) is 0 Å². The summed E-state index contributed by atoms with van der Waals surface area (Å²) in [7, 11) is 0. The lowest BCUT2D eigenvalue weighted by Gasteiger charge is -1.98. The van der Waals surface area contributed by atoms with Crippen LogP contribution in [-0.4, -0.2) is 14.8 Å². The van der Waals surface area contributed by atoms with Crippen LogP contribution in [0.3, 0.4) is 0 Å². The van der Waals surface area contributed by atoms with Crippen molar-refractivity contribution >= 4 is 33.1 Å². The molecule has 0 unspecified atom stereocenters. The molecule has 80 valence electrons. The number of hydrogen-bond donors (Lipinski definition) is 1. The number of aryl methyl sites for hydroxylation is 2. The predicted octanol–water partition coefficient (Wildman–Crippen LogP) is 2.35. The third kappa shape index (κ3) is 2.21. The van der Waals surface area contributed by atoms with E-state index in [1.54, 1.807) is 16.0 Å². The Morgan fingerprint density at radius 3 is 2.73 bits per heavy atom. The number of halogens is 1. The summed E-state index contributed by atoms with van der Waals surface area (Å²) in [5, 5.41) is 5.25. The minimum atomic E-state index is 0.514. The second kappa shape index (κ2) is 3.94. The fourth-order valence-electron chi connectivity index (χ4n) is 1.37. The summed E-state index contributed by atoms with van der Waals surface area (Å²) in [5.74, 6) is 0.514. The standard InChI is InChI=1S/C9H11BrN4S/c1-5-8(12-6(2)15-5)4-14-3-7(10)9(11)13-14/h3H,4H2,1-2H3,(H2,11,13). The Bertz CT molecular complexity index is 469. The number of hydrogen-bond acceptors (Lipinski definition) is 4. The lowest BCUT2D eigenvalue weighted by Crippen LogP contribution is -2.02. The van der Waals surface area contributed by atoms with Gasteiger partial charge in [0.05, 0.1) is 21.7 Å². The van der Waals surface area contributed by atoms with Crippen LogP contribution in [-0.2, 0) is 6.54 Å². The Morgan fingerprint density at radius 1 is 1.53 bits per heavy atom. The molecule has 0 radical (unpaired) electrons. The Labute approximate surface area is 100 Å². The largest absolute Gasteiger partial charge is 0.381 e. The predicted molar refractivity (Wildman–Crippen MR) is 65.0 cm³/mol. The molecule has 2 aromatic heterocycles. The molecule has 6 heteroatoms. The van der Waals surface area contributed by atoms with Crippen molar-refractivity contribution in [1.82, 2.24) is 14.8 Å². The molecule has 0 saturated carbocycles. The van der Waals surface area contributed by atoms with Crippen LogP contribution in [0.2, 0.25) is 0 Å². The summed E-state index contributed by atoms with van der Waals surface area (Å²) in [5.41, 5.74) is 6.70. The summed E-state index contributed by atoms with van der Waals surface area (Å²) < 4.78 is 2.62. The highest BCUT2D eigenvalue weighted by atomic mass is 79.9. The zero-order valence-electron chi connectivity index (χ0n) is 8.49. The zero-order chi connectivity index (χ0) is 11.0. The molecular formula is C9H11BrN4S. The highest BCUT2D eigenvalue weighted by Crippen LogP contribution is 2.20. The van der Waals surface area contributed by atoms with Crippen molar-refractivity contribution in [2.75, 3.05) is 5.73 Å². The normalized spacial score (nSPS) is 10.9. The molecule has 0 aromatic carbocycles. The lowest BCUT2D eigenvalue weighted by atomic mass is 10.4. The highest BCUT2D eigenvalue weighted by molar-refractivity contribution is 9.10. The molecule has 2 rings (SSSR count). The molecule has 0 fully saturated rings. The molecule has 0 atom stereocenters. The monoisotopic (exact) mass is 286 g/mol. The third-order valence-electron chi connectivity index (χ3n) is 2.05. The van der Waals surface area contributed by atoms with Crippen molar-refractivity contribution in [3.8, 4) is 0 Å². The Morgan fingerprint density at radius 2 is 2.27 bits per heavy atom. The molecule has 2 heterocycles. The average Bonchev–Trinajstić information content (AvgIpc) is 2.59. The Balaban J connectivity index is 2.25. The van der Waals surface area contributed by atoms with E-state index in [1.807, 2.05) is 13.1 Å². The van der Waals surface area contributed by atoms with Crippen molar-refractivity contribution in [2.45, 2.75) is 20.4 Å². The molecule has 0 aliphatic carbocycles. The number of aromatic nitrogens is 3. The highest BCUT2D eigenvalue weighted by Gasteiger charge is 2.08. The molecule has 4 nitrogen and oxygen atoms in total. The molecule has 0 saturated heterocycles. The van der Waals surface area contributed by atoms with E-state index in [0.29, 0.717) is 12.4 Å². The maximum Gasteiger partial charge on any atom is 0.159 e. The number of nitrogens with two attached hydrogens (primary N) is 1. The van der Waals surface area contributed by atoms with E-state index >= 15 is 0 Å². The van der Waals surface area contributed by atoms with Crippen LogP contribution < -0.4 is 5.73 Å². The lowest BCUT2D eigenvalue weighted by molar-refractivity contribution is 0.675. The van der Waals surface area contributed by atoms with Gasteiger partial charge in [-0.15, -0.1) is 11.3 Å². The van der Waals surface area contributed by atoms with Gasteiger partial charge in [0.1, 0.15) is 0 Å². The molecule has 0 spiro atoms. The summed E-state index contributed by atoms with van der Waals surface area (Å²) in [6.07, 6.45) is 1.86.